The van der Waals surface area contributed by atoms with E-state index in [2.05, 4.69) is 34.5 Å². The van der Waals surface area contributed by atoms with Gasteiger partial charge in [0, 0.05) is 24.2 Å². The molecule has 4 aromatic rings. The average Bonchev–Trinajstić information content (AvgIpc) is 3.38. The van der Waals surface area contributed by atoms with Gasteiger partial charge < -0.3 is 0 Å². The highest BCUT2D eigenvalue weighted by molar-refractivity contribution is 5.72. The first-order valence-corrected chi connectivity index (χ1v) is 8.44. The second-order valence-electron chi connectivity index (χ2n) is 6.01. The Bertz CT molecular complexity index is 1050. The summed E-state index contributed by atoms with van der Waals surface area (Å²) in [6.07, 6.45) is 5.71. The zero-order chi connectivity index (χ0) is 17.8. The fourth-order valence-corrected chi connectivity index (χ4v) is 2.90. The quantitative estimate of drug-likeness (QED) is 0.552. The second kappa shape index (κ2) is 7.08. The van der Waals surface area contributed by atoms with E-state index >= 15 is 0 Å². The van der Waals surface area contributed by atoms with Crippen LogP contribution in [0.5, 0.6) is 0 Å². The van der Waals surface area contributed by atoms with E-state index in [1.54, 1.807) is 6.20 Å². The van der Waals surface area contributed by atoms with Gasteiger partial charge in [-0.05, 0) is 41.5 Å². The molecule has 4 rings (SSSR count). The molecule has 0 N–H and O–H groups in total. The molecule has 0 fully saturated rings. The van der Waals surface area contributed by atoms with Crippen LogP contribution < -0.4 is 0 Å². The third-order valence-corrected chi connectivity index (χ3v) is 4.24. The molecule has 126 valence electrons. The maximum Gasteiger partial charge on any atom is 0.0991 e. The van der Waals surface area contributed by atoms with Gasteiger partial charge in [-0.1, -0.05) is 30.3 Å². The van der Waals surface area contributed by atoms with Crippen LogP contribution in [0.1, 0.15) is 5.56 Å². The van der Waals surface area contributed by atoms with Crippen molar-refractivity contribution in [2.45, 2.75) is 13.1 Å². The topological polar surface area (TPSA) is 59.4 Å². The van der Waals surface area contributed by atoms with Crippen LogP contribution in [0.4, 0.5) is 0 Å². The minimum atomic E-state index is 0.663. The first kappa shape index (κ1) is 15.9. The summed E-state index contributed by atoms with van der Waals surface area (Å²) in [6.45, 7) is 1.56. The number of nitriles is 1. The summed E-state index contributed by atoms with van der Waals surface area (Å²) in [5.41, 5.74) is 4.76. The lowest BCUT2D eigenvalue weighted by atomic mass is 10.0. The third kappa shape index (κ3) is 3.40. The smallest absolute Gasteiger partial charge is 0.0991 e. The summed E-state index contributed by atoms with van der Waals surface area (Å²) in [4.78, 5) is 0. The highest BCUT2D eigenvalue weighted by atomic mass is 15.3. The Balaban J connectivity index is 1.56. The van der Waals surface area contributed by atoms with Crippen LogP contribution in [0.25, 0.3) is 22.4 Å². The van der Waals surface area contributed by atoms with Crippen molar-refractivity contribution in [2.24, 2.45) is 0 Å². The fraction of sp³-hybridized carbons (Fsp3) is 0.0952. The maximum atomic E-state index is 9.09. The molecule has 0 radical (unpaired) electrons. The van der Waals surface area contributed by atoms with E-state index < -0.39 is 0 Å². The Morgan fingerprint density at radius 3 is 2.38 bits per heavy atom. The van der Waals surface area contributed by atoms with Gasteiger partial charge in [0.1, 0.15) is 0 Å². The van der Waals surface area contributed by atoms with E-state index in [-0.39, 0.29) is 0 Å². The zero-order valence-corrected chi connectivity index (χ0v) is 14.2. The van der Waals surface area contributed by atoms with Crippen molar-refractivity contribution in [2.75, 3.05) is 0 Å². The monoisotopic (exact) mass is 339 g/mol. The lowest BCUT2D eigenvalue weighted by Crippen LogP contribution is -2.08. The van der Waals surface area contributed by atoms with E-state index in [9.17, 15) is 0 Å². The highest BCUT2D eigenvalue weighted by Crippen LogP contribution is 2.26. The standard InChI is InChI=1S/C21H17N5/c22-16-17-4-1-5-18(14-17)19-6-2-7-20(15-19)21-8-11-26(24-21)13-12-25-10-3-9-23-25/h1-11,14-15H,12-13H2. The Morgan fingerprint density at radius 2 is 1.58 bits per heavy atom. The van der Waals surface area contributed by atoms with Crippen molar-refractivity contribution in [3.05, 3.63) is 84.8 Å². The van der Waals surface area contributed by atoms with Gasteiger partial charge in [0.05, 0.1) is 30.4 Å². The van der Waals surface area contributed by atoms with Gasteiger partial charge in [-0.15, -0.1) is 0 Å². The molecule has 0 saturated heterocycles. The molecule has 2 heterocycles. The molecule has 0 spiro atoms. The van der Waals surface area contributed by atoms with Gasteiger partial charge >= 0.3 is 0 Å². The number of hydrogen-bond donors (Lipinski definition) is 0. The molecule has 0 saturated carbocycles. The highest BCUT2D eigenvalue weighted by Gasteiger charge is 2.06. The molecule has 2 aromatic carbocycles. The second-order valence-corrected chi connectivity index (χ2v) is 6.01. The third-order valence-electron chi connectivity index (χ3n) is 4.24. The normalized spacial score (nSPS) is 10.6. The number of hydrogen-bond acceptors (Lipinski definition) is 3. The molecule has 5 nitrogen and oxygen atoms in total. The SMILES string of the molecule is N#Cc1cccc(-c2cccc(-c3ccn(CCn4cccn4)n3)c2)c1. The molecule has 0 aliphatic heterocycles. The summed E-state index contributed by atoms with van der Waals surface area (Å²) >= 11 is 0. The number of aromatic nitrogens is 4. The molecule has 2 aromatic heterocycles. The Morgan fingerprint density at radius 1 is 0.808 bits per heavy atom. The summed E-state index contributed by atoms with van der Waals surface area (Å²) in [6, 6.07) is 22.0. The first-order chi connectivity index (χ1) is 12.8. The van der Waals surface area contributed by atoms with E-state index in [1.165, 1.54) is 0 Å². The van der Waals surface area contributed by atoms with Crippen molar-refractivity contribution in [3.8, 4) is 28.5 Å². The fourth-order valence-electron chi connectivity index (χ4n) is 2.90. The summed E-state index contributed by atoms with van der Waals surface area (Å²) in [5.74, 6) is 0. The summed E-state index contributed by atoms with van der Waals surface area (Å²) in [7, 11) is 0. The summed E-state index contributed by atoms with van der Waals surface area (Å²) in [5, 5.41) is 18.0. The van der Waals surface area contributed by atoms with Crippen molar-refractivity contribution >= 4 is 0 Å². The number of aryl methyl sites for hydroxylation is 2. The molecule has 0 amide bonds. The molecular formula is C21H17N5. The van der Waals surface area contributed by atoms with Crippen LogP contribution in [-0.2, 0) is 13.1 Å². The molecule has 0 aliphatic carbocycles. The van der Waals surface area contributed by atoms with E-state index in [1.807, 2.05) is 64.2 Å². The number of benzene rings is 2. The Labute approximate surface area is 151 Å². The summed E-state index contributed by atoms with van der Waals surface area (Å²) < 4.78 is 3.82. The van der Waals surface area contributed by atoms with Crippen molar-refractivity contribution < 1.29 is 0 Å². The Hall–Kier alpha value is -3.65. The van der Waals surface area contributed by atoms with Crippen LogP contribution in [0.2, 0.25) is 0 Å². The van der Waals surface area contributed by atoms with Gasteiger partial charge in [-0.3, -0.25) is 9.36 Å². The van der Waals surface area contributed by atoms with Crippen LogP contribution >= 0.6 is 0 Å². The van der Waals surface area contributed by atoms with E-state index in [4.69, 9.17) is 5.26 Å². The molecule has 26 heavy (non-hydrogen) atoms. The van der Waals surface area contributed by atoms with Crippen LogP contribution in [-0.4, -0.2) is 19.6 Å². The van der Waals surface area contributed by atoms with Crippen molar-refractivity contribution in [3.63, 3.8) is 0 Å². The van der Waals surface area contributed by atoms with Gasteiger partial charge in [-0.2, -0.15) is 15.5 Å². The molecule has 0 atom stereocenters. The first-order valence-electron chi connectivity index (χ1n) is 8.44. The lowest BCUT2D eigenvalue weighted by Gasteiger charge is -2.05. The minimum absolute atomic E-state index is 0.663. The van der Waals surface area contributed by atoms with Crippen LogP contribution in [0.3, 0.4) is 0 Å². The van der Waals surface area contributed by atoms with Crippen LogP contribution in [0, 0.1) is 11.3 Å². The number of rotatable bonds is 5. The molecule has 5 heteroatoms. The lowest BCUT2D eigenvalue weighted by molar-refractivity contribution is 0.501. The Kier molecular flexibility index (Phi) is 4.31. The predicted molar refractivity (Wildman–Crippen MR) is 100 cm³/mol. The van der Waals surface area contributed by atoms with Crippen LogP contribution in [0.15, 0.2) is 79.3 Å². The molecule has 0 unspecified atom stereocenters. The van der Waals surface area contributed by atoms with Gasteiger partial charge in [0.25, 0.3) is 0 Å². The van der Waals surface area contributed by atoms with Crippen molar-refractivity contribution in [1.82, 2.24) is 19.6 Å². The molecule has 0 aliphatic rings. The number of nitrogens with zero attached hydrogens (tertiary/aromatic N) is 5. The van der Waals surface area contributed by atoms with Gasteiger partial charge in [0.15, 0.2) is 0 Å². The van der Waals surface area contributed by atoms with E-state index in [0.29, 0.717) is 5.56 Å². The van der Waals surface area contributed by atoms with Gasteiger partial charge in [-0.25, -0.2) is 0 Å². The average molecular weight is 339 g/mol. The maximum absolute atomic E-state index is 9.09. The zero-order valence-electron chi connectivity index (χ0n) is 14.2. The van der Waals surface area contributed by atoms with Crippen molar-refractivity contribution in [1.29, 1.82) is 5.26 Å². The van der Waals surface area contributed by atoms with Gasteiger partial charge in [0.2, 0.25) is 0 Å². The minimum Gasteiger partial charge on any atom is -0.271 e. The molecular weight excluding hydrogens is 322 g/mol. The van der Waals surface area contributed by atoms with E-state index in [0.717, 1.165) is 35.5 Å². The largest absolute Gasteiger partial charge is 0.271 e. The molecule has 0 bridgehead atoms. The predicted octanol–water partition coefficient (Wildman–Crippen LogP) is 3.99.